The van der Waals surface area contributed by atoms with Crippen LogP contribution in [0.15, 0.2) is 0 Å². The van der Waals surface area contributed by atoms with E-state index in [1.54, 1.807) is 11.8 Å². The predicted molar refractivity (Wildman–Crippen MR) is 59.1 cm³/mol. The molecule has 1 atom stereocenters. The highest BCUT2D eigenvalue weighted by Gasteiger charge is 2.07. The first-order valence-corrected chi connectivity index (χ1v) is 5.88. The summed E-state index contributed by atoms with van der Waals surface area (Å²) in [6, 6.07) is 0.0795. The molecule has 1 unspecified atom stereocenters. The Kier molecular flexibility index (Phi) is 8.12. The Hall–Kier alpha value is -0.750. The van der Waals surface area contributed by atoms with Gasteiger partial charge in [0.15, 0.2) is 0 Å². The largest absolute Gasteiger partial charge is 0.480 e. The van der Waals surface area contributed by atoms with E-state index in [1.165, 1.54) is 0 Å². The van der Waals surface area contributed by atoms with Gasteiger partial charge in [-0.1, -0.05) is 6.92 Å². The first kappa shape index (κ1) is 14.2. The Morgan fingerprint density at radius 1 is 1.47 bits per heavy atom. The number of carbonyl (C=O) groups is 2. The van der Waals surface area contributed by atoms with Crippen LogP contribution in [0, 0.1) is 0 Å². The van der Waals surface area contributed by atoms with E-state index in [-0.39, 0.29) is 18.6 Å². The third-order valence-corrected chi connectivity index (χ3v) is 2.58. The molecule has 5 nitrogen and oxygen atoms in total. The lowest BCUT2D eigenvalue weighted by Crippen LogP contribution is -2.37. The van der Waals surface area contributed by atoms with Crippen molar-refractivity contribution >= 4 is 23.6 Å². The van der Waals surface area contributed by atoms with Crippen molar-refractivity contribution in [3.8, 4) is 0 Å². The Balaban J connectivity index is 3.50. The van der Waals surface area contributed by atoms with Crippen molar-refractivity contribution in [2.75, 3.05) is 24.7 Å². The van der Waals surface area contributed by atoms with Gasteiger partial charge in [0.05, 0.1) is 0 Å². The highest BCUT2D eigenvalue weighted by atomic mass is 32.2. The summed E-state index contributed by atoms with van der Waals surface area (Å²) in [5.74, 6) is 0.509. The fraction of sp³-hybridized carbons (Fsp3) is 0.778. The molecule has 0 aromatic heterocycles. The number of nitrogens with one attached hydrogen (secondary N) is 1. The van der Waals surface area contributed by atoms with Crippen molar-refractivity contribution in [2.45, 2.75) is 19.9 Å². The number of hydrogen-bond acceptors (Lipinski definition) is 4. The zero-order valence-electron chi connectivity index (χ0n) is 8.99. The third kappa shape index (κ3) is 9.55. The molecule has 0 aliphatic carbocycles. The first-order chi connectivity index (χ1) is 7.06. The number of carbonyl (C=O) groups excluding carboxylic acids is 1. The molecule has 1 amide bonds. The van der Waals surface area contributed by atoms with Crippen molar-refractivity contribution in [3.05, 3.63) is 0 Å². The second kappa shape index (κ2) is 8.55. The lowest BCUT2D eigenvalue weighted by molar-refractivity contribution is -0.143. The van der Waals surface area contributed by atoms with Crippen molar-refractivity contribution in [2.24, 2.45) is 0 Å². The molecular weight excluding hydrogens is 218 g/mol. The smallest absolute Gasteiger partial charge is 0.329 e. The molecule has 0 heterocycles. The maximum absolute atomic E-state index is 11.2. The Bertz CT molecular complexity index is 210. The van der Waals surface area contributed by atoms with Crippen LogP contribution in [0.4, 0.5) is 0 Å². The van der Waals surface area contributed by atoms with Gasteiger partial charge in [-0.25, -0.2) is 4.79 Å². The Labute approximate surface area is 93.6 Å². The quantitative estimate of drug-likeness (QED) is 0.634. The molecule has 0 saturated heterocycles. The highest BCUT2D eigenvalue weighted by Crippen LogP contribution is 2.00. The molecule has 0 rings (SSSR count). The molecule has 15 heavy (non-hydrogen) atoms. The summed E-state index contributed by atoms with van der Waals surface area (Å²) >= 11 is 1.74. The summed E-state index contributed by atoms with van der Waals surface area (Å²) < 4.78 is 4.64. The van der Waals surface area contributed by atoms with Gasteiger partial charge in [-0.05, 0) is 12.7 Å². The molecule has 0 aliphatic rings. The SMILES string of the molecule is CCSCC(C)NC(=O)COCC(=O)O. The molecule has 0 fully saturated rings. The van der Waals surface area contributed by atoms with Gasteiger partial charge in [0.2, 0.25) is 5.91 Å². The number of carboxylic acid groups (broad SMARTS) is 1. The third-order valence-electron chi connectivity index (χ3n) is 1.44. The lowest BCUT2D eigenvalue weighted by atomic mass is 10.4. The van der Waals surface area contributed by atoms with Gasteiger partial charge in [-0.2, -0.15) is 11.8 Å². The molecule has 2 N–H and O–H groups in total. The molecule has 0 radical (unpaired) electrons. The van der Waals surface area contributed by atoms with Crippen LogP contribution in [-0.4, -0.2) is 47.7 Å². The van der Waals surface area contributed by atoms with Crippen LogP contribution < -0.4 is 5.32 Å². The van der Waals surface area contributed by atoms with Crippen molar-refractivity contribution in [1.29, 1.82) is 0 Å². The van der Waals surface area contributed by atoms with E-state index >= 15 is 0 Å². The van der Waals surface area contributed by atoms with Crippen LogP contribution in [0.1, 0.15) is 13.8 Å². The van der Waals surface area contributed by atoms with Crippen LogP contribution in [0.25, 0.3) is 0 Å². The van der Waals surface area contributed by atoms with Crippen LogP contribution in [0.2, 0.25) is 0 Å². The van der Waals surface area contributed by atoms with E-state index in [1.807, 2.05) is 6.92 Å². The van der Waals surface area contributed by atoms with Crippen LogP contribution in [0.5, 0.6) is 0 Å². The van der Waals surface area contributed by atoms with E-state index < -0.39 is 12.6 Å². The topological polar surface area (TPSA) is 75.6 Å². The van der Waals surface area contributed by atoms with Crippen molar-refractivity contribution in [1.82, 2.24) is 5.32 Å². The average molecular weight is 235 g/mol. The van der Waals surface area contributed by atoms with E-state index in [4.69, 9.17) is 5.11 Å². The zero-order valence-corrected chi connectivity index (χ0v) is 9.80. The van der Waals surface area contributed by atoms with E-state index in [2.05, 4.69) is 17.0 Å². The minimum Gasteiger partial charge on any atom is -0.480 e. The summed E-state index contributed by atoms with van der Waals surface area (Å²) in [5, 5.41) is 11.0. The van der Waals surface area contributed by atoms with Gasteiger partial charge in [0, 0.05) is 11.8 Å². The van der Waals surface area contributed by atoms with Crippen molar-refractivity contribution < 1.29 is 19.4 Å². The maximum Gasteiger partial charge on any atom is 0.329 e. The zero-order chi connectivity index (χ0) is 11.7. The molecule has 0 saturated carbocycles. The number of thioether (sulfide) groups is 1. The predicted octanol–water partition coefficient (Wildman–Crippen LogP) is 0.345. The van der Waals surface area contributed by atoms with Crippen LogP contribution >= 0.6 is 11.8 Å². The molecule has 0 aromatic rings. The second-order valence-electron chi connectivity index (χ2n) is 3.01. The molecular formula is C9H17NO4S. The Morgan fingerprint density at radius 3 is 2.67 bits per heavy atom. The maximum atomic E-state index is 11.2. The van der Waals surface area contributed by atoms with Gasteiger partial charge >= 0.3 is 5.97 Å². The van der Waals surface area contributed by atoms with Gasteiger partial charge in [0.25, 0.3) is 0 Å². The number of amides is 1. The number of carboxylic acids is 1. The summed E-state index contributed by atoms with van der Waals surface area (Å²) in [7, 11) is 0. The van der Waals surface area contributed by atoms with Crippen LogP contribution in [-0.2, 0) is 14.3 Å². The number of ether oxygens (including phenoxy) is 1. The van der Waals surface area contributed by atoms with Gasteiger partial charge in [-0.3, -0.25) is 4.79 Å². The van der Waals surface area contributed by atoms with Crippen molar-refractivity contribution in [3.63, 3.8) is 0 Å². The fourth-order valence-corrected chi connectivity index (χ4v) is 1.56. The first-order valence-electron chi connectivity index (χ1n) is 4.73. The summed E-state index contributed by atoms with van der Waals surface area (Å²) in [4.78, 5) is 21.2. The molecule has 0 spiro atoms. The average Bonchev–Trinajstić information content (AvgIpc) is 2.14. The van der Waals surface area contributed by atoms with E-state index in [9.17, 15) is 9.59 Å². The monoisotopic (exact) mass is 235 g/mol. The summed E-state index contributed by atoms with van der Waals surface area (Å²) in [6.45, 7) is 3.31. The number of rotatable bonds is 8. The standard InChI is InChI=1S/C9H17NO4S/c1-3-15-6-7(2)10-8(11)4-14-5-9(12)13/h7H,3-6H2,1-2H3,(H,10,11)(H,12,13). The number of aliphatic carboxylic acids is 1. The van der Waals surface area contributed by atoms with E-state index in [0.717, 1.165) is 11.5 Å². The summed E-state index contributed by atoms with van der Waals surface area (Å²) in [5.41, 5.74) is 0. The highest BCUT2D eigenvalue weighted by molar-refractivity contribution is 7.99. The minimum absolute atomic E-state index is 0.0795. The summed E-state index contributed by atoms with van der Waals surface area (Å²) in [6.07, 6.45) is 0. The lowest BCUT2D eigenvalue weighted by Gasteiger charge is -2.12. The fourth-order valence-electron chi connectivity index (χ4n) is 0.884. The minimum atomic E-state index is -1.07. The number of hydrogen-bond donors (Lipinski definition) is 2. The van der Waals surface area contributed by atoms with Gasteiger partial charge in [-0.15, -0.1) is 0 Å². The second-order valence-corrected chi connectivity index (χ2v) is 4.33. The normalized spacial score (nSPS) is 12.1. The van der Waals surface area contributed by atoms with Gasteiger partial charge in [0.1, 0.15) is 13.2 Å². The molecule has 6 heteroatoms. The van der Waals surface area contributed by atoms with E-state index in [0.29, 0.717) is 0 Å². The molecule has 0 aliphatic heterocycles. The van der Waals surface area contributed by atoms with Crippen LogP contribution in [0.3, 0.4) is 0 Å². The molecule has 0 bridgehead atoms. The Morgan fingerprint density at radius 2 is 2.13 bits per heavy atom. The van der Waals surface area contributed by atoms with Gasteiger partial charge < -0.3 is 15.2 Å². The molecule has 88 valence electrons. The molecule has 0 aromatic carbocycles.